The Balaban J connectivity index is 1.56. The van der Waals surface area contributed by atoms with Gasteiger partial charge in [0.15, 0.2) is 11.6 Å². The molecule has 2 aliphatic rings. The molecule has 1 aliphatic carbocycles. The summed E-state index contributed by atoms with van der Waals surface area (Å²) in [5, 5.41) is 7.04. The molecule has 160 valence electrons. The number of nitrogens with one attached hydrogen (secondary N) is 2. The van der Waals surface area contributed by atoms with Gasteiger partial charge in [0.05, 0.1) is 24.5 Å². The lowest BCUT2D eigenvalue weighted by molar-refractivity contribution is -0.116. The van der Waals surface area contributed by atoms with Gasteiger partial charge in [-0.1, -0.05) is 42.5 Å². The predicted octanol–water partition coefficient (Wildman–Crippen LogP) is 5.51. The molecule has 32 heavy (non-hydrogen) atoms. The normalized spacial score (nSPS) is 17.4. The van der Waals surface area contributed by atoms with E-state index in [1.54, 1.807) is 7.11 Å². The lowest BCUT2D eigenvalue weighted by Gasteiger charge is -2.25. The van der Waals surface area contributed by atoms with Crippen molar-refractivity contribution in [2.45, 2.75) is 25.3 Å². The fourth-order valence-corrected chi connectivity index (χ4v) is 4.44. The third kappa shape index (κ3) is 3.66. The van der Waals surface area contributed by atoms with Crippen molar-refractivity contribution in [1.82, 2.24) is 0 Å². The molecule has 0 aromatic heterocycles. The van der Waals surface area contributed by atoms with Crippen molar-refractivity contribution in [3.8, 4) is 5.75 Å². The standard InChI is InChI=1S/C27H24N2O3/c1-32-20-13-10-17(11-14-20)26-25-22(8-5-9-24(25)30)28-23-16-19(12-15-21(23)29-26)27(31)18-6-3-2-4-7-18/h2-4,6-7,10-16,26,28-29H,5,8-9H2,1H3/t26-/m1/s1. The average Bonchev–Trinajstić information content (AvgIpc) is 3.01. The van der Waals surface area contributed by atoms with E-state index in [-0.39, 0.29) is 17.6 Å². The third-order valence-electron chi connectivity index (χ3n) is 6.10. The van der Waals surface area contributed by atoms with Crippen molar-refractivity contribution >= 4 is 22.9 Å². The van der Waals surface area contributed by atoms with Crippen LogP contribution >= 0.6 is 0 Å². The first-order valence-corrected chi connectivity index (χ1v) is 10.8. The highest BCUT2D eigenvalue weighted by atomic mass is 16.5. The summed E-state index contributed by atoms with van der Waals surface area (Å²) in [6.07, 6.45) is 2.16. The number of hydrogen-bond donors (Lipinski definition) is 2. The molecule has 5 rings (SSSR count). The predicted molar refractivity (Wildman–Crippen MR) is 125 cm³/mol. The second kappa shape index (κ2) is 8.35. The number of anilines is 2. The van der Waals surface area contributed by atoms with E-state index in [0.29, 0.717) is 17.5 Å². The Bertz CT molecular complexity index is 1210. The molecule has 0 saturated heterocycles. The third-order valence-corrected chi connectivity index (χ3v) is 6.10. The van der Waals surface area contributed by atoms with Crippen molar-refractivity contribution in [2.24, 2.45) is 0 Å². The number of rotatable bonds is 4. The Morgan fingerprint density at radius 3 is 2.44 bits per heavy atom. The molecular weight excluding hydrogens is 400 g/mol. The Kier molecular flexibility index (Phi) is 5.23. The smallest absolute Gasteiger partial charge is 0.193 e. The van der Waals surface area contributed by atoms with Crippen LogP contribution in [0.5, 0.6) is 5.75 Å². The summed E-state index contributed by atoms with van der Waals surface area (Å²) in [7, 11) is 1.64. The number of allylic oxidation sites excluding steroid dienone is 1. The summed E-state index contributed by atoms with van der Waals surface area (Å²) in [6.45, 7) is 0. The minimum absolute atomic E-state index is 0.0277. The van der Waals surface area contributed by atoms with Gasteiger partial charge in [-0.2, -0.15) is 0 Å². The Labute approximate surface area is 187 Å². The van der Waals surface area contributed by atoms with Crippen LogP contribution in [0.2, 0.25) is 0 Å². The number of carbonyl (C=O) groups is 2. The number of benzene rings is 3. The first-order chi connectivity index (χ1) is 15.6. The van der Waals surface area contributed by atoms with Crippen LogP contribution in [0.4, 0.5) is 11.4 Å². The van der Waals surface area contributed by atoms with Gasteiger partial charge in [-0.05, 0) is 48.7 Å². The summed E-state index contributed by atoms with van der Waals surface area (Å²) in [4.78, 5) is 26.0. The summed E-state index contributed by atoms with van der Waals surface area (Å²) >= 11 is 0. The van der Waals surface area contributed by atoms with Gasteiger partial charge >= 0.3 is 0 Å². The maximum Gasteiger partial charge on any atom is 0.193 e. The largest absolute Gasteiger partial charge is 0.497 e. The number of hydrogen-bond acceptors (Lipinski definition) is 5. The van der Waals surface area contributed by atoms with Crippen LogP contribution in [0.25, 0.3) is 0 Å². The average molecular weight is 425 g/mol. The van der Waals surface area contributed by atoms with Crippen molar-refractivity contribution in [3.05, 3.63) is 101 Å². The Hall–Kier alpha value is -3.86. The molecule has 0 saturated carbocycles. The van der Waals surface area contributed by atoms with Crippen molar-refractivity contribution in [3.63, 3.8) is 0 Å². The summed E-state index contributed by atoms with van der Waals surface area (Å²) in [5.41, 5.74) is 5.62. The van der Waals surface area contributed by atoms with Crippen LogP contribution in [-0.2, 0) is 4.79 Å². The van der Waals surface area contributed by atoms with E-state index in [2.05, 4.69) is 10.6 Å². The van der Waals surface area contributed by atoms with E-state index >= 15 is 0 Å². The number of methoxy groups -OCH3 is 1. The summed E-state index contributed by atoms with van der Waals surface area (Å²) in [5.74, 6) is 0.898. The van der Waals surface area contributed by atoms with Gasteiger partial charge in [0, 0.05) is 28.8 Å². The van der Waals surface area contributed by atoms with E-state index < -0.39 is 0 Å². The molecule has 0 bridgehead atoms. The number of carbonyl (C=O) groups excluding carboxylic acids is 2. The van der Waals surface area contributed by atoms with E-state index in [0.717, 1.165) is 46.8 Å². The van der Waals surface area contributed by atoms with Crippen LogP contribution in [0.15, 0.2) is 84.1 Å². The molecule has 2 N–H and O–H groups in total. The molecular formula is C27H24N2O3. The molecule has 5 heteroatoms. The van der Waals surface area contributed by atoms with Crippen molar-refractivity contribution in [1.29, 1.82) is 0 Å². The number of ether oxygens (including phenoxy) is 1. The minimum Gasteiger partial charge on any atom is -0.497 e. The number of Topliss-reactive ketones (excluding diaryl/α,β-unsaturated/α-hetero) is 1. The van der Waals surface area contributed by atoms with E-state index in [9.17, 15) is 9.59 Å². The zero-order chi connectivity index (χ0) is 22.1. The monoisotopic (exact) mass is 424 g/mol. The fourth-order valence-electron chi connectivity index (χ4n) is 4.44. The van der Waals surface area contributed by atoms with Crippen molar-refractivity contribution in [2.75, 3.05) is 17.7 Å². The molecule has 0 radical (unpaired) electrons. The maximum atomic E-state index is 13.0. The molecule has 0 spiro atoms. The SMILES string of the molecule is COc1ccc([C@H]2Nc3ccc(C(=O)c4ccccc4)cc3NC3=C2C(=O)CCC3)cc1. The highest BCUT2D eigenvalue weighted by Crippen LogP contribution is 2.41. The van der Waals surface area contributed by atoms with Gasteiger partial charge in [0.25, 0.3) is 0 Å². The lowest BCUT2D eigenvalue weighted by Crippen LogP contribution is -2.23. The van der Waals surface area contributed by atoms with Crippen LogP contribution < -0.4 is 15.4 Å². The topological polar surface area (TPSA) is 67.4 Å². The number of fused-ring (bicyclic) bond motifs is 1. The Morgan fingerprint density at radius 2 is 1.69 bits per heavy atom. The highest BCUT2D eigenvalue weighted by molar-refractivity contribution is 6.10. The van der Waals surface area contributed by atoms with E-state index in [4.69, 9.17) is 4.74 Å². The first-order valence-electron chi connectivity index (χ1n) is 10.8. The van der Waals surface area contributed by atoms with Gasteiger partial charge in [-0.25, -0.2) is 0 Å². The molecule has 3 aromatic rings. The molecule has 0 unspecified atom stereocenters. The van der Waals surface area contributed by atoms with Crippen molar-refractivity contribution < 1.29 is 14.3 Å². The molecule has 1 aliphatic heterocycles. The molecule has 0 amide bonds. The summed E-state index contributed by atoms with van der Waals surface area (Å²) in [6, 6.07) is 22.4. The van der Waals surface area contributed by atoms with Gasteiger partial charge in [0.1, 0.15) is 5.75 Å². The van der Waals surface area contributed by atoms with Crippen LogP contribution in [0, 0.1) is 0 Å². The molecule has 5 nitrogen and oxygen atoms in total. The van der Waals surface area contributed by atoms with Crippen LogP contribution in [-0.4, -0.2) is 18.7 Å². The lowest BCUT2D eigenvalue weighted by atomic mass is 9.87. The molecule has 0 fully saturated rings. The second-order valence-corrected chi connectivity index (χ2v) is 8.10. The zero-order valence-electron chi connectivity index (χ0n) is 17.9. The first kappa shape index (κ1) is 20.1. The van der Waals surface area contributed by atoms with E-state index in [1.807, 2.05) is 72.8 Å². The Morgan fingerprint density at radius 1 is 0.906 bits per heavy atom. The maximum absolute atomic E-state index is 13.0. The summed E-state index contributed by atoms with van der Waals surface area (Å²) < 4.78 is 5.29. The van der Waals surface area contributed by atoms with Gasteiger partial charge in [-0.3, -0.25) is 9.59 Å². The quantitative estimate of drug-likeness (QED) is 0.541. The van der Waals surface area contributed by atoms with Crippen LogP contribution in [0.1, 0.15) is 46.8 Å². The molecule has 1 atom stereocenters. The fraction of sp³-hybridized carbons (Fsp3) is 0.185. The van der Waals surface area contributed by atoms with Gasteiger partial charge < -0.3 is 15.4 Å². The van der Waals surface area contributed by atoms with Gasteiger partial charge in [0.2, 0.25) is 0 Å². The molecule has 1 heterocycles. The molecule has 3 aromatic carbocycles. The second-order valence-electron chi connectivity index (χ2n) is 8.10. The number of ketones is 2. The highest BCUT2D eigenvalue weighted by Gasteiger charge is 2.32. The van der Waals surface area contributed by atoms with Gasteiger partial charge in [-0.15, -0.1) is 0 Å². The minimum atomic E-state index is -0.270. The van der Waals surface area contributed by atoms with E-state index in [1.165, 1.54) is 0 Å². The zero-order valence-corrected chi connectivity index (χ0v) is 17.9. The van der Waals surface area contributed by atoms with Crippen LogP contribution in [0.3, 0.4) is 0 Å².